The number of halogens is 1. The minimum Gasteiger partial charge on any atom is -0.461 e. The third kappa shape index (κ3) is 3.03. The fourth-order valence-electron chi connectivity index (χ4n) is 3.57. The summed E-state index contributed by atoms with van der Waals surface area (Å²) in [6, 6.07) is 15.7. The number of rotatable bonds is 5. The molecule has 28 heavy (non-hydrogen) atoms. The first-order valence-corrected chi connectivity index (χ1v) is 9.23. The third-order valence-electron chi connectivity index (χ3n) is 5.10. The zero-order valence-corrected chi connectivity index (χ0v) is 15.9. The summed E-state index contributed by atoms with van der Waals surface area (Å²) in [5.41, 5.74) is 0.879. The Kier molecular flexibility index (Phi) is 4.57. The van der Waals surface area contributed by atoms with Gasteiger partial charge in [0.25, 0.3) is 5.91 Å². The summed E-state index contributed by atoms with van der Waals surface area (Å²) < 4.78 is 5.12. The van der Waals surface area contributed by atoms with E-state index in [1.165, 1.54) is 17.2 Å². The summed E-state index contributed by atoms with van der Waals surface area (Å²) in [5, 5.41) is 11.7. The van der Waals surface area contributed by atoms with Gasteiger partial charge >= 0.3 is 0 Å². The Morgan fingerprint density at radius 3 is 2.68 bits per heavy atom. The Hall–Kier alpha value is -2.89. The van der Waals surface area contributed by atoms with Gasteiger partial charge in [-0.1, -0.05) is 35.9 Å². The van der Waals surface area contributed by atoms with Gasteiger partial charge in [0, 0.05) is 10.6 Å². The molecule has 1 N–H and O–H groups in total. The first kappa shape index (κ1) is 18.5. The van der Waals surface area contributed by atoms with Crippen LogP contribution in [-0.2, 0) is 16.9 Å². The molecule has 0 fully saturated rings. The van der Waals surface area contributed by atoms with Crippen LogP contribution >= 0.6 is 11.6 Å². The molecule has 1 aliphatic rings. The van der Waals surface area contributed by atoms with Crippen molar-refractivity contribution in [2.24, 2.45) is 0 Å². The number of fused-ring (bicyclic) bond motifs is 1. The maximum absolute atomic E-state index is 13.3. The van der Waals surface area contributed by atoms with Crippen molar-refractivity contribution in [3.05, 3.63) is 88.3 Å². The second-order valence-corrected chi connectivity index (χ2v) is 7.35. The number of ketones is 1. The molecule has 1 unspecified atom stereocenters. The number of anilines is 1. The normalized spacial score (nSPS) is 18.4. The maximum Gasteiger partial charge on any atom is 0.264 e. The van der Waals surface area contributed by atoms with E-state index < -0.39 is 23.7 Å². The van der Waals surface area contributed by atoms with Crippen molar-refractivity contribution in [2.45, 2.75) is 25.5 Å². The summed E-state index contributed by atoms with van der Waals surface area (Å²) in [7, 11) is 0. The fraction of sp³-hybridized carbons (Fsp3) is 0.182. The Morgan fingerprint density at radius 2 is 1.96 bits per heavy atom. The number of aryl methyl sites for hydroxylation is 1. The van der Waals surface area contributed by atoms with E-state index in [9.17, 15) is 14.7 Å². The average molecular weight is 396 g/mol. The molecule has 0 spiro atoms. The number of hydrogen-bond donors (Lipinski definition) is 1. The zero-order valence-electron chi connectivity index (χ0n) is 15.2. The molecule has 5 nitrogen and oxygen atoms in total. The van der Waals surface area contributed by atoms with Crippen molar-refractivity contribution in [1.29, 1.82) is 0 Å². The molecule has 3 aromatic rings. The van der Waals surface area contributed by atoms with Crippen LogP contribution in [0.5, 0.6) is 0 Å². The summed E-state index contributed by atoms with van der Waals surface area (Å²) in [4.78, 5) is 27.3. The van der Waals surface area contributed by atoms with Crippen molar-refractivity contribution < 1.29 is 19.1 Å². The van der Waals surface area contributed by atoms with Crippen LogP contribution in [0.15, 0.2) is 65.3 Å². The van der Waals surface area contributed by atoms with E-state index in [1.54, 1.807) is 24.3 Å². The Bertz CT molecular complexity index is 1060. The highest BCUT2D eigenvalue weighted by Crippen LogP contribution is 2.44. The number of benzene rings is 2. The topological polar surface area (TPSA) is 70.8 Å². The number of nitrogens with zero attached hydrogens (tertiary/aromatic N) is 1. The number of carbonyl (C=O) groups is 2. The van der Waals surface area contributed by atoms with Crippen LogP contribution in [0.4, 0.5) is 5.69 Å². The Balaban J connectivity index is 1.74. The smallest absolute Gasteiger partial charge is 0.264 e. The van der Waals surface area contributed by atoms with Gasteiger partial charge in [0.2, 0.25) is 5.78 Å². The molecular weight excluding hydrogens is 378 g/mol. The van der Waals surface area contributed by atoms with Crippen molar-refractivity contribution in [1.82, 2.24) is 0 Å². The number of Topliss-reactive ketones (excluding diaryl/α,β-unsaturated/α-hetero) is 1. The highest BCUT2D eigenvalue weighted by Gasteiger charge is 2.51. The van der Waals surface area contributed by atoms with E-state index >= 15 is 0 Å². The van der Waals surface area contributed by atoms with Gasteiger partial charge in [-0.15, -0.1) is 0 Å². The molecular formula is C22H18ClNO4. The quantitative estimate of drug-likeness (QED) is 0.655. The van der Waals surface area contributed by atoms with Gasteiger partial charge in [0.1, 0.15) is 0 Å². The van der Waals surface area contributed by atoms with Crippen LogP contribution in [0.2, 0.25) is 5.02 Å². The van der Waals surface area contributed by atoms with E-state index in [-0.39, 0.29) is 12.3 Å². The van der Waals surface area contributed by atoms with Gasteiger partial charge in [-0.3, -0.25) is 9.59 Å². The first-order valence-electron chi connectivity index (χ1n) is 8.86. The lowest BCUT2D eigenvalue weighted by atomic mass is 9.89. The summed E-state index contributed by atoms with van der Waals surface area (Å²) in [6.45, 7) is 2.25. The molecule has 0 saturated heterocycles. The van der Waals surface area contributed by atoms with E-state index in [2.05, 4.69) is 0 Å². The van der Waals surface area contributed by atoms with Crippen LogP contribution in [0, 0.1) is 6.92 Å². The highest BCUT2D eigenvalue weighted by molar-refractivity contribution is 6.31. The van der Waals surface area contributed by atoms with Gasteiger partial charge in [0.15, 0.2) is 11.4 Å². The van der Waals surface area contributed by atoms with Crippen molar-refractivity contribution in [3.8, 4) is 0 Å². The molecule has 0 aliphatic carbocycles. The van der Waals surface area contributed by atoms with E-state index in [0.717, 1.165) is 11.1 Å². The second-order valence-electron chi connectivity index (χ2n) is 6.92. The van der Waals surface area contributed by atoms with Crippen molar-refractivity contribution in [3.63, 3.8) is 0 Å². The maximum atomic E-state index is 13.3. The minimum atomic E-state index is -1.99. The van der Waals surface area contributed by atoms with Gasteiger partial charge < -0.3 is 14.4 Å². The van der Waals surface area contributed by atoms with Crippen LogP contribution in [0.25, 0.3) is 0 Å². The number of carbonyl (C=O) groups excluding carboxylic acids is 2. The summed E-state index contributed by atoms with van der Waals surface area (Å²) >= 11 is 6.12. The standard InChI is InChI=1S/C22H18ClNO4/c1-14-5-2-3-6-15(14)13-24-18-9-8-16(23)11-17(18)22(27,21(24)26)12-19(25)20-7-4-10-28-20/h2-11,27H,12-13H2,1H3. The van der Waals surface area contributed by atoms with Crippen molar-refractivity contribution in [2.75, 3.05) is 4.90 Å². The number of furan rings is 1. The van der Waals surface area contributed by atoms with Gasteiger partial charge in [-0.05, 0) is 48.4 Å². The van der Waals surface area contributed by atoms with Gasteiger partial charge in [-0.25, -0.2) is 0 Å². The van der Waals surface area contributed by atoms with Crippen LogP contribution in [0.1, 0.15) is 33.7 Å². The van der Waals surface area contributed by atoms with Crippen molar-refractivity contribution >= 4 is 29.0 Å². The Labute approximate surface area is 167 Å². The lowest BCUT2D eigenvalue weighted by Crippen LogP contribution is -2.41. The van der Waals surface area contributed by atoms with Crippen LogP contribution in [-0.4, -0.2) is 16.8 Å². The Morgan fingerprint density at radius 1 is 1.18 bits per heavy atom. The van der Waals surface area contributed by atoms with Gasteiger partial charge in [-0.2, -0.15) is 0 Å². The molecule has 2 heterocycles. The zero-order chi connectivity index (χ0) is 19.9. The predicted octanol–water partition coefficient (Wildman–Crippen LogP) is 4.25. The molecule has 0 saturated carbocycles. The lowest BCUT2D eigenvalue weighted by Gasteiger charge is -2.23. The van der Waals surface area contributed by atoms with Gasteiger partial charge in [0.05, 0.1) is 24.9 Å². The lowest BCUT2D eigenvalue weighted by molar-refractivity contribution is -0.136. The second kappa shape index (κ2) is 6.93. The van der Waals surface area contributed by atoms with E-state index in [4.69, 9.17) is 16.0 Å². The monoisotopic (exact) mass is 395 g/mol. The number of hydrogen-bond acceptors (Lipinski definition) is 4. The molecule has 6 heteroatoms. The molecule has 142 valence electrons. The molecule has 1 aliphatic heterocycles. The van der Waals surface area contributed by atoms with Crippen LogP contribution < -0.4 is 4.90 Å². The molecule has 2 aromatic carbocycles. The largest absolute Gasteiger partial charge is 0.461 e. The van der Waals surface area contributed by atoms with E-state index in [1.807, 2.05) is 31.2 Å². The first-order chi connectivity index (χ1) is 13.4. The predicted molar refractivity (Wildman–Crippen MR) is 105 cm³/mol. The highest BCUT2D eigenvalue weighted by atomic mass is 35.5. The van der Waals surface area contributed by atoms with Crippen LogP contribution in [0.3, 0.4) is 0 Å². The molecule has 0 radical (unpaired) electrons. The molecule has 1 amide bonds. The summed E-state index contributed by atoms with van der Waals surface area (Å²) in [5.74, 6) is -0.903. The molecule has 4 rings (SSSR count). The fourth-order valence-corrected chi connectivity index (χ4v) is 3.74. The number of amides is 1. The minimum absolute atomic E-state index is 0.0992. The molecule has 1 atom stereocenters. The summed E-state index contributed by atoms with van der Waals surface area (Å²) in [6.07, 6.45) is 0.958. The SMILES string of the molecule is Cc1ccccc1CN1C(=O)C(O)(CC(=O)c2ccco2)c2cc(Cl)ccc21. The molecule has 0 bridgehead atoms. The number of aliphatic hydroxyl groups is 1. The average Bonchev–Trinajstić information content (AvgIpc) is 3.27. The molecule has 1 aromatic heterocycles. The van der Waals surface area contributed by atoms with E-state index in [0.29, 0.717) is 16.3 Å². The third-order valence-corrected chi connectivity index (χ3v) is 5.33.